The maximum atomic E-state index is 8.39. The lowest BCUT2D eigenvalue weighted by Crippen LogP contribution is -2.36. The molecule has 76 valence electrons. The lowest BCUT2D eigenvalue weighted by Gasteiger charge is -2.25. The molecule has 0 bridgehead atoms. The van der Waals surface area contributed by atoms with Crippen LogP contribution in [-0.2, 0) is 9.47 Å². The van der Waals surface area contributed by atoms with E-state index in [-0.39, 0.29) is 18.0 Å². The summed E-state index contributed by atoms with van der Waals surface area (Å²) in [6.07, 6.45) is 1.71. The van der Waals surface area contributed by atoms with Crippen molar-refractivity contribution >= 4 is 5.84 Å². The fraction of sp³-hybridized carbons (Fsp3) is 0.875. The molecular weight excluding hydrogens is 172 g/mol. The summed E-state index contributed by atoms with van der Waals surface area (Å²) in [4.78, 5) is 0. The molecule has 5 nitrogen and oxygen atoms in total. The van der Waals surface area contributed by atoms with Crippen molar-refractivity contribution in [1.82, 2.24) is 0 Å². The number of oxime groups is 1. The highest BCUT2D eigenvalue weighted by Crippen LogP contribution is 2.11. The predicted molar refractivity (Wildman–Crippen MR) is 47.8 cm³/mol. The van der Waals surface area contributed by atoms with E-state index < -0.39 is 0 Å². The monoisotopic (exact) mass is 188 g/mol. The van der Waals surface area contributed by atoms with E-state index >= 15 is 0 Å². The van der Waals surface area contributed by atoms with Gasteiger partial charge in [0.2, 0.25) is 0 Å². The fourth-order valence-electron chi connectivity index (χ4n) is 1.26. The lowest BCUT2D eigenvalue weighted by atomic mass is 10.2. The van der Waals surface area contributed by atoms with Gasteiger partial charge >= 0.3 is 0 Å². The summed E-state index contributed by atoms with van der Waals surface area (Å²) in [6, 6.07) is 0. The highest BCUT2D eigenvalue weighted by atomic mass is 16.5. The van der Waals surface area contributed by atoms with Crippen LogP contribution in [0.5, 0.6) is 0 Å². The van der Waals surface area contributed by atoms with Gasteiger partial charge in [-0.05, 0) is 19.8 Å². The summed E-state index contributed by atoms with van der Waals surface area (Å²) in [6.45, 7) is 3.16. The SMILES string of the molecule is CC(OC1CCCOC1)/C(N)=N/O. The molecule has 0 aromatic heterocycles. The molecule has 0 spiro atoms. The second-order valence-electron chi connectivity index (χ2n) is 3.14. The van der Waals surface area contributed by atoms with Crippen LogP contribution in [0.3, 0.4) is 0 Å². The molecule has 1 rings (SSSR count). The van der Waals surface area contributed by atoms with Gasteiger partial charge in [-0.25, -0.2) is 0 Å². The Balaban J connectivity index is 2.30. The van der Waals surface area contributed by atoms with Crippen molar-refractivity contribution in [1.29, 1.82) is 0 Å². The molecule has 5 heteroatoms. The van der Waals surface area contributed by atoms with Crippen molar-refractivity contribution in [3.8, 4) is 0 Å². The van der Waals surface area contributed by atoms with E-state index in [1.807, 2.05) is 0 Å². The Kier molecular flexibility index (Phi) is 3.98. The van der Waals surface area contributed by atoms with Gasteiger partial charge in [0.15, 0.2) is 5.84 Å². The van der Waals surface area contributed by atoms with Crippen molar-refractivity contribution in [2.75, 3.05) is 13.2 Å². The van der Waals surface area contributed by atoms with Crippen LogP contribution in [-0.4, -0.2) is 36.5 Å². The standard InChI is InChI=1S/C8H16N2O3/c1-6(8(9)10-11)13-7-3-2-4-12-5-7/h6-7,11H,2-5H2,1H3,(H2,9,10). The molecule has 0 aromatic carbocycles. The molecule has 1 saturated heterocycles. The van der Waals surface area contributed by atoms with Crippen molar-refractivity contribution in [3.05, 3.63) is 0 Å². The van der Waals surface area contributed by atoms with E-state index in [2.05, 4.69) is 5.16 Å². The van der Waals surface area contributed by atoms with E-state index in [9.17, 15) is 0 Å². The largest absolute Gasteiger partial charge is 0.409 e. The first-order valence-electron chi connectivity index (χ1n) is 4.44. The van der Waals surface area contributed by atoms with Crippen LogP contribution >= 0.6 is 0 Å². The molecule has 2 atom stereocenters. The van der Waals surface area contributed by atoms with Crippen molar-refractivity contribution in [2.24, 2.45) is 10.9 Å². The summed E-state index contributed by atoms with van der Waals surface area (Å²) in [5.74, 6) is 0.102. The van der Waals surface area contributed by atoms with Gasteiger partial charge in [0.25, 0.3) is 0 Å². The summed E-state index contributed by atoms with van der Waals surface area (Å²) >= 11 is 0. The van der Waals surface area contributed by atoms with Crippen LogP contribution in [0.4, 0.5) is 0 Å². The maximum absolute atomic E-state index is 8.39. The van der Waals surface area contributed by atoms with Crippen LogP contribution in [0, 0.1) is 0 Å². The molecule has 1 heterocycles. The van der Waals surface area contributed by atoms with Crippen molar-refractivity contribution in [2.45, 2.75) is 32.0 Å². The molecule has 0 saturated carbocycles. The second-order valence-corrected chi connectivity index (χ2v) is 3.14. The van der Waals surface area contributed by atoms with Gasteiger partial charge in [-0.15, -0.1) is 0 Å². The van der Waals surface area contributed by atoms with Crippen molar-refractivity contribution < 1.29 is 14.7 Å². The molecule has 0 aromatic rings. The third-order valence-corrected chi connectivity index (χ3v) is 2.05. The number of rotatable bonds is 3. The topological polar surface area (TPSA) is 77.1 Å². The van der Waals surface area contributed by atoms with Gasteiger partial charge in [-0.2, -0.15) is 0 Å². The molecule has 13 heavy (non-hydrogen) atoms. The van der Waals surface area contributed by atoms with E-state index in [1.165, 1.54) is 0 Å². The smallest absolute Gasteiger partial charge is 0.168 e. The van der Waals surface area contributed by atoms with Gasteiger partial charge < -0.3 is 20.4 Å². The van der Waals surface area contributed by atoms with E-state index in [4.69, 9.17) is 20.4 Å². The van der Waals surface area contributed by atoms with Gasteiger partial charge in [-0.1, -0.05) is 5.16 Å². The van der Waals surface area contributed by atoms with Crippen molar-refractivity contribution in [3.63, 3.8) is 0 Å². The third kappa shape index (κ3) is 3.20. The zero-order valence-electron chi connectivity index (χ0n) is 7.77. The maximum Gasteiger partial charge on any atom is 0.168 e. The van der Waals surface area contributed by atoms with Gasteiger partial charge in [0, 0.05) is 6.61 Å². The quantitative estimate of drug-likeness (QED) is 0.289. The minimum Gasteiger partial charge on any atom is -0.409 e. The average Bonchev–Trinajstić information content (AvgIpc) is 2.18. The van der Waals surface area contributed by atoms with Crippen LogP contribution < -0.4 is 5.73 Å². The zero-order chi connectivity index (χ0) is 9.68. The van der Waals surface area contributed by atoms with Gasteiger partial charge in [-0.3, -0.25) is 0 Å². The zero-order valence-corrected chi connectivity index (χ0v) is 7.77. The molecular formula is C8H16N2O3. The van der Waals surface area contributed by atoms with Crippen LogP contribution in [0.15, 0.2) is 5.16 Å². The fourth-order valence-corrected chi connectivity index (χ4v) is 1.26. The average molecular weight is 188 g/mol. The molecule has 2 unspecified atom stereocenters. The van der Waals surface area contributed by atoms with E-state index in [0.717, 1.165) is 19.4 Å². The summed E-state index contributed by atoms with van der Waals surface area (Å²) in [5, 5.41) is 11.3. The summed E-state index contributed by atoms with van der Waals surface area (Å²) in [7, 11) is 0. The van der Waals surface area contributed by atoms with Gasteiger partial charge in [0.05, 0.1) is 12.7 Å². The molecule has 3 N–H and O–H groups in total. The Labute approximate surface area is 77.5 Å². The number of ether oxygens (including phenoxy) is 2. The number of amidine groups is 1. The second kappa shape index (κ2) is 5.04. The lowest BCUT2D eigenvalue weighted by molar-refractivity contribution is -0.0611. The first-order chi connectivity index (χ1) is 6.24. The highest BCUT2D eigenvalue weighted by molar-refractivity contribution is 5.83. The molecule has 1 aliphatic heterocycles. The number of hydrogen-bond donors (Lipinski definition) is 2. The summed E-state index contributed by atoms with van der Waals surface area (Å²) < 4.78 is 10.7. The minimum absolute atomic E-state index is 0.0732. The molecule has 0 radical (unpaired) electrons. The normalized spacial score (nSPS) is 27.2. The van der Waals surface area contributed by atoms with Crippen LogP contribution in [0.1, 0.15) is 19.8 Å². The molecule has 1 fully saturated rings. The minimum atomic E-state index is -0.350. The predicted octanol–water partition coefficient (Wildman–Crippen LogP) is 0.317. The van der Waals surface area contributed by atoms with Crippen LogP contribution in [0.25, 0.3) is 0 Å². The molecule has 0 amide bonds. The third-order valence-electron chi connectivity index (χ3n) is 2.05. The Morgan fingerprint density at radius 3 is 3.08 bits per heavy atom. The number of hydrogen-bond acceptors (Lipinski definition) is 4. The van der Waals surface area contributed by atoms with Gasteiger partial charge in [0.1, 0.15) is 6.10 Å². The number of nitrogens with two attached hydrogens (primary N) is 1. The Morgan fingerprint density at radius 1 is 1.77 bits per heavy atom. The Bertz CT molecular complexity index is 178. The first kappa shape index (κ1) is 10.3. The van der Waals surface area contributed by atoms with E-state index in [0.29, 0.717) is 6.61 Å². The molecule has 1 aliphatic rings. The van der Waals surface area contributed by atoms with E-state index in [1.54, 1.807) is 6.92 Å². The highest BCUT2D eigenvalue weighted by Gasteiger charge is 2.18. The Morgan fingerprint density at radius 2 is 2.54 bits per heavy atom. The summed E-state index contributed by atoms with van der Waals surface area (Å²) in [5.41, 5.74) is 5.37. The number of nitrogens with zero attached hydrogens (tertiary/aromatic N) is 1. The Hall–Kier alpha value is -0.810. The van der Waals surface area contributed by atoms with Crippen LogP contribution in [0.2, 0.25) is 0 Å². The molecule has 0 aliphatic carbocycles. The first-order valence-corrected chi connectivity index (χ1v) is 4.44.